The van der Waals surface area contributed by atoms with Crippen LogP contribution in [0.15, 0.2) is 52.5 Å². The number of nitrogens with one attached hydrogen (secondary N) is 1. The van der Waals surface area contributed by atoms with Crippen molar-refractivity contribution in [1.82, 2.24) is 9.88 Å². The van der Waals surface area contributed by atoms with Gasteiger partial charge in [-0.1, -0.05) is 18.2 Å². The first kappa shape index (κ1) is 19.8. The Bertz CT molecular complexity index is 944. The molecule has 2 aromatic heterocycles. The van der Waals surface area contributed by atoms with Crippen LogP contribution in [0, 0.1) is 0 Å². The lowest BCUT2D eigenvalue weighted by molar-refractivity contribution is -0.115. The maximum absolute atomic E-state index is 12.6. The number of benzene rings is 1. The average molecular weight is 412 g/mol. The Morgan fingerprint density at radius 3 is 2.76 bits per heavy atom. The number of furan rings is 1. The second-order valence-electron chi connectivity index (χ2n) is 7.45. The summed E-state index contributed by atoms with van der Waals surface area (Å²) in [5.41, 5.74) is 2.70. The van der Waals surface area contributed by atoms with Crippen LogP contribution in [0.1, 0.15) is 25.1 Å². The van der Waals surface area contributed by atoms with Crippen molar-refractivity contribution in [2.45, 2.75) is 39.0 Å². The number of ether oxygens (including phenoxy) is 1. The molecule has 0 saturated carbocycles. The lowest BCUT2D eigenvalue weighted by Gasteiger charge is -2.35. The summed E-state index contributed by atoms with van der Waals surface area (Å²) >= 11 is 1.48. The molecule has 1 aromatic carbocycles. The summed E-state index contributed by atoms with van der Waals surface area (Å²) in [5.74, 6) is 0.651. The molecule has 3 heterocycles. The van der Waals surface area contributed by atoms with E-state index in [-0.39, 0.29) is 24.5 Å². The van der Waals surface area contributed by atoms with Crippen LogP contribution in [0.3, 0.4) is 0 Å². The highest BCUT2D eigenvalue weighted by Gasteiger charge is 2.23. The molecule has 1 aliphatic heterocycles. The second kappa shape index (κ2) is 8.90. The summed E-state index contributed by atoms with van der Waals surface area (Å²) in [6, 6.07) is 11.7. The van der Waals surface area contributed by atoms with E-state index in [4.69, 9.17) is 9.15 Å². The largest absolute Gasteiger partial charge is 0.462 e. The molecule has 4 rings (SSSR count). The summed E-state index contributed by atoms with van der Waals surface area (Å²) in [6.07, 6.45) is 2.29. The summed E-state index contributed by atoms with van der Waals surface area (Å²) in [5, 5.41) is 5.75. The Morgan fingerprint density at radius 2 is 2.00 bits per heavy atom. The van der Waals surface area contributed by atoms with Crippen LogP contribution in [0.4, 0.5) is 5.69 Å². The SMILES string of the molecule is C[C@H]1CN(Cc2ccccc2NC(=O)Cc2csc(-c3ccco3)n2)C[C@H](C)O1. The maximum atomic E-state index is 12.6. The highest BCUT2D eigenvalue weighted by atomic mass is 32.1. The highest BCUT2D eigenvalue weighted by molar-refractivity contribution is 7.13. The van der Waals surface area contributed by atoms with E-state index in [0.29, 0.717) is 0 Å². The van der Waals surface area contributed by atoms with Gasteiger partial charge in [-0.05, 0) is 37.6 Å². The van der Waals surface area contributed by atoms with Crippen molar-refractivity contribution in [3.63, 3.8) is 0 Å². The third-order valence-corrected chi connectivity index (χ3v) is 5.71. The minimum Gasteiger partial charge on any atom is -0.462 e. The number of anilines is 1. The smallest absolute Gasteiger partial charge is 0.230 e. The summed E-state index contributed by atoms with van der Waals surface area (Å²) in [4.78, 5) is 19.5. The second-order valence-corrected chi connectivity index (χ2v) is 8.31. The van der Waals surface area contributed by atoms with Crippen molar-refractivity contribution in [2.75, 3.05) is 18.4 Å². The molecule has 0 aliphatic carbocycles. The number of morpholine rings is 1. The topological polar surface area (TPSA) is 67.6 Å². The fourth-order valence-corrected chi connectivity index (χ4v) is 4.48. The van der Waals surface area contributed by atoms with Gasteiger partial charge in [-0.2, -0.15) is 0 Å². The number of carbonyl (C=O) groups excluding carboxylic acids is 1. The van der Waals surface area contributed by atoms with Gasteiger partial charge in [0.2, 0.25) is 5.91 Å². The van der Waals surface area contributed by atoms with Gasteiger partial charge in [0.15, 0.2) is 10.8 Å². The van der Waals surface area contributed by atoms with Crippen molar-refractivity contribution in [1.29, 1.82) is 0 Å². The third kappa shape index (κ3) is 5.12. The van der Waals surface area contributed by atoms with Crippen LogP contribution >= 0.6 is 11.3 Å². The van der Waals surface area contributed by atoms with Crippen LogP contribution in [0.5, 0.6) is 0 Å². The molecular weight excluding hydrogens is 386 g/mol. The fourth-order valence-electron chi connectivity index (χ4n) is 3.70. The van der Waals surface area contributed by atoms with E-state index in [0.717, 1.165) is 47.3 Å². The van der Waals surface area contributed by atoms with Crippen molar-refractivity contribution >= 4 is 22.9 Å². The maximum Gasteiger partial charge on any atom is 0.230 e. The van der Waals surface area contributed by atoms with Crippen LogP contribution in [-0.2, 0) is 22.5 Å². The molecule has 1 N–H and O–H groups in total. The first-order chi connectivity index (χ1) is 14.1. The highest BCUT2D eigenvalue weighted by Crippen LogP contribution is 2.25. The molecule has 0 radical (unpaired) electrons. The fraction of sp³-hybridized carbons (Fsp3) is 0.364. The van der Waals surface area contributed by atoms with Gasteiger partial charge in [0.1, 0.15) is 0 Å². The zero-order chi connectivity index (χ0) is 20.2. The van der Waals surface area contributed by atoms with Crippen LogP contribution < -0.4 is 5.32 Å². The summed E-state index contributed by atoms with van der Waals surface area (Å²) in [6.45, 7) is 6.76. The Balaban J connectivity index is 1.40. The standard InChI is InChI=1S/C22H25N3O3S/c1-15-11-25(12-16(2)28-15)13-17-6-3-4-7-19(17)24-21(26)10-18-14-29-22(23-18)20-8-5-9-27-20/h3-9,14-16H,10-13H2,1-2H3,(H,24,26)/t15-,16-/m0/s1. The number of aromatic nitrogens is 1. The van der Waals surface area contributed by atoms with Gasteiger partial charge in [0, 0.05) is 30.7 Å². The predicted molar refractivity (Wildman–Crippen MR) is 114 cm³/mol. The normalized spacial score (nSPS) is 19.9. The average Bonchev–Trinajstić information content (AvgIpc) is 3.34. The summed E-state index contributed by atoms with van der Waals surface area (Å²) in [7, 11) is 0. The number of nitrogens with zero attached hydrogens (tertiary/aromatic N) is 2. The molecule has 0 unspecified atom stereocenters. The van der Waals surface area contributed by atoms with Crippen molar-refractivity contribution in [2.24, 2.45) is 0 Å². The molecule has 1 saturated heterocycles. The lowest BCUT2D eigenvalue weighted by atomic mass is 10.1. The Kier molecular flexibility index (Phi) is 6.08. The van der Waals surface area contributed by atoms with E-state index in [1.54, 1.807) is 6.26 Å². The van der Waals surface area contributed by atoms with Crippen LogP contribution in [0.2, 0.25) is 0 Å². The van der Waals surface area contributed by atoms with Crippen molar-refractivity contribution in [3.8, 4) is 10.8 Å². The van der Waals surface area contributed by atoms with Gasteiger partial charge < -0.3 is 14.5 Å². The van der Waals surface area contributed by atoms with Crippen LogP contribution in [0.25, 0.3) is 10.8 Å². The molecule has 0 bridgehead atoms. The van der Waals surface area contributed by atoms with Gasteiger partial charge in [0.25, 0.3) is 0 Å². The van der Waals surface area contributed by atoms with Gasteiger partial charge >= 0.3 is 0 Å². The molecule has 1 fully saturated rings. The van der Waals surface area contributed by atoms with Crippen molar-refractivity contribution in [3.05, 3.63) is 59.3 Å². The number of thiazole rings is 1. The minimum atomic E-state index is -0.0718. The van der Waals surface area contributed by atoms with E-state index in [2.05, 4.69) is 35.1 Å². The Hall–Kier alpha value is -2.48. The monoisotopic (exact) mass is 411 g/mol. The summed E-state index contributed by atoms with van der Waals surface area (Å²) < 4.78 is 11.2. The number of hydrogen-bond acceptors (Lipinski definition) is 6. The Morgan fingerprint density at radius 1 is 1.21 bits per heavy atom. The molecule has 3 aromatic rings. The molecule has 1 amide bonds. The third-order valence-electron chi connectivity index (χ3n) is 4.81. The van der Waals surface area contributed by atoms with E-state index in [1.807, 2.05) is 35.7 Å². The first-order valence-corrected chi connectivity index (χ1v) is 10.7. The van der Waals surface area contributed by atoms with Gasteiger partial charge in [-0.25, -0.2) is 4.98 Å². The molecule has 29 heavy (non-hydrogen) atoms. The molecular formula is C22H25N3O3S. The first-order valence-electron chi connectivity index (χ1n) is 9.80. The molecule has 0 spiro atoms. The zero-order valence-corrected chi connectivity index (χ0v) is 17.4. The number of para-hydroxylation sites is 1. The zero-order valence-electron chi connectivity index (χ0n) is 16.6. The number of carbonyl (C=O) groups is 1. The van der Waals surface area contributed by atoms with Gasteiger partial charge in [-0.15, -0.1) is 11.3 Å². The van der Waals surface area contributed by atoms with Crippen LogP contribution in [-0.4, -0.2) is 41.1 Å². The van der Waals surface area contributed by atoms with E-state index in [1.165, 1.54) is 11.3 Å². The molecule has 7 heteroatoms. The molecule has 1 aliphatic rings. The Labute approximate surface area is 174 Å². The quantitative estimate of drug-likeness (QED) is 0.659. The van der Waals surface area contributed by atoms with Gasteiger partial charge in [0.05, 0.1) is 30.6 Å². The number of rotatable bonds is 6. The van der Waals surface area contributed by atoms with Crippen molar-refractivity contribution < 1.29 is 13.9 Å². The van der Waals surface area contributed by atoms with E-state index in [9.17, 15) is 4.79 Å². The number of hydrogen-bond donors (Lipinski definition) is 1. The van der Waals surface area contributed by atoms with E-state index >= 15 is 0 Å². The molecule has 6 nitrogen and oxygen atoms in total. The van der Waals surface area contributed by atoms with E-state index < -0.39 is 0 Å². The minimum absolute atomic E-state index is 0.0718. The number of amides is 1. The molecule has 152 valence electrons. The van der Waals surface area contributed by atoms with Gasteiger partial charge in [-0.3, -0.25) is 9.69 Å². The molecule has 2 atom stereocenters. The predicted octanol–water partition coefficient (Wildman–Crippen LogP) is 4.19. The lowest BCUT2D eigenvalue weighted by Crippen LogP contribution is -2.44.